The molecule has 0 aliphatic heterocycles. The Morgan fingerprint density at radius 1 is 1.07 bits per heavy atom. The first-order valence-electron chi connectivity index (χ1n) is 5.03. The van der Waals surface area contributed by atoms with E-state index < -0.39 is 0 Å². The van der Waals surface area contributed by atoms with Gasteiger partial charge in [-0.1, -0.05) is 19.9 Å². The van der Waals surface area contributed by atoms with Crippen LogP contribution in [0.4, 0.5) is 11.4 Å². The number of anilines is 2. The van der Waals surface area contributed by atoms with Crippen molar-refractivity contribution in [3.05, 3.63) is 23.8 Å². The molecule has 0 amide bonds. The van der Waals surface area contributed by atoms with Gasteiger partial charge in [0.2, 0.25) is 0 Å². The van der Waals surface area contributed by atoms with Gasteiger partial charge < -0.3 is 11.5 Å². The summed E-state index contributed by atoms with van der Waals surface area (Å²) in [4.78, 5) is 2.34. The fourth-order valence-electron chi connectivity index (χ4n) is 1.43. The van der Waals surface area contributed by atoms with E-state index in [1.165, 1.54) is 5.56 Å². The van der Waals surface area contributed by atoms with Gasteiger partial charge in [-0.15, -0.1) is 0 Å². The van der Waals surface area contributed by atoms with Crippen LogP contribution in [0.3, 0.4) is 0 Å². The lowest BCUT2D eigenvalue weighted by Crippen LogP contribution is -2.22. The standard InChI is InChI=1S/C11H19N3/c1-3-14(4-2)8-9-5-6-10(12)11(13)7-9/h5-7H,3-4,8,12-13H2,1-2H3. The van der Waals surface area contributed by atoms with E-state index in [2.05, 4.69) is 18.7 Å². The predicted octanol–water partition coefficient (Wildman–Crippen LogP) is 1.69. The lowest BCUT2D eigenvalue weighted by Gasteiger charge is -2.18. The highest BCUT2D eigenvalue weighted by Crippen LogP contribution is 2.17. The van der Waals surface area contributed by atoms with Crippen LogP contribution in [0.25, 0.3) is 0 Å². The van der Waals surface area contributed by atoms with Gasteiger partial charge in [0, 0.05) is 6.54 Å². The van der Waals surface area contributed by atoms with Gasteiger partial charge in [-0.25, -0.2) is 0 Å². The topological polar surface area (TPSA) is 55.3 Å². The third-order valence-electron chi connectivity index (χ3n) is 2.45. The summed E-state index contributed by atoms with van der Waals surface area (Å²) in [5, 5.41) is 0. The van der Waals surface area contributed by atoms with E-state index in [-0.39, 0.29) is 0 Å². The van der Waals surface area contributed by atoms with Crippen LogP contribution < -0.4 is 11.5 Å². The van der Waals surface area contributed by atoms with E-state index >= 15 is 0 Å². The molecule has 0 heterocycles. The average Bonchev–Trinajstić information content (AvgIpc) is 2.19. The molecule has 0 unspecified atom stereocenters. The molecule has 1 rings (SSSR count). The smallest absolute Gasteiger partial charge is 0.0551 e. The largest absolute Gasteiger partial charge is 0.397 e. The lowest BCUT2D eigenvalue weighted by atomic mass is 10.1. The highest BCUT2D eigenvalue weighted by molar-refractivity contribution is 5.63. The number of nitrogen functional groups attached to an aromatic ring is 2. The minimum absolute atomic E-state index is 0.660. The van der Waals surface area contributed by atoms with Crippen molar-refractivity contribution >= 4 is 11.4 Å². The van der Waals surface area contributed by atoms with Gasteiger partial charge in [-0.3, -0.25) is 4.90 Å². The van der Waals surface area contributed by atoms with E-state index in [0.717, 1.165) is 19.6 Å². The summed E-state index contributed by atoms with van der Waals surface area (Å²) in [6, 6.07) is 5.85. The summed E-state index contributed by atoms with van der Waals surface area (Å²) in [6.45, 7) is 7.37. The van der Waals surface area contributed by atoms with Crippen molar-refractivity contribution in [2.45, 2.75) is 20.4 Å². The molecule has 0 aliphatic carbocycles. The van der Waals surface area contributed by atoms with Gasteiger partial charge in [-0.2, -0.15) is 0 Å². The van der Waals surface area contributed by atoms with Crippen molar-refractivity contribution in [3.63, 3.8) is 0 Å². The fraction of sp³-hybridized carbons (Fsp3) is 0.455. The van der Waals surface area contributed by atoms with E-state index in [1.807, 2.05) is 18.2 Å². The van der Waals surface area contributed by atoms with Gasteiger partial charge in [-0.05, 0) is 30.8 Å². The van der Waals surface area contributed by atoms with Crippen LogP contribution >= 0.6 is 0 Å². The summed E-state index contributed by atoms with van der Waals surface area (Å²) in [7, 11) is 0. The van der Waals surface area contributed by atoms with Crippen molar-refractivity contribution in [2.75, 3.05) is 24.6 Å². The zero-order chi connectivity index (χ0) is 10.6. The van der Waals surface area contributed by atoms with Crippen molar-refractivity contribution < 1.29 is 0 Å². The summed E-state index contributed by atoms with van der Waals surface area (Å²) >= 11 is 0. The summed E-state index contributed by atoms with van der Waals surface area (Å²) in [5.41, 5.74) is 13.9. The Hall–Kier alpha value is -1.22. The number of hydrogen-bond acceptors (Lipinski definition) is 3. The second-order valence-electron chi connectivity index (χ2n) is 3.42. The highest BCUT2D eigenvalue weighted by Gasteiger charge is 2.02. The molecule has 0 fully saturated rings. The molecular weight excluding hydrogens is 174 g/mol. The van der Waals surface area contributed by atoms with Crippen LogP contribution in [0.1, 0.15) is 19.4 Å². The number of nitrogens with zero attached hydrogens (tertiary/aromatic N) is 1. The zero-order valence-electron chi connectivity index (χ0n) is 8.96. The Morgan fingerprint density at radius 3 is 2.21 bits per heavy atom. The maximum absolute atomic E-state index is 5.74. The Kier molecular flexibility index (Phi) is 3.77. The second kappa shape index (κ2) is 4.86. The maximum atomic E-state index is 5.74. The molecule has 0 aromatic heterocycles. The van der Waals surface area contributed by atoms with Crippen molar-refractivity contribution in [1.82, 2.24) is 4.90 Å². The molecule has 0 saturated carbocycles. The van der Waals surface area contributed by atoms with E-state index in [9.17, 15) is 0 Å². The number of hydrogen-bond donors (Lipinski definition) is 2. The van der Waals surface area contributed by atoms with Crippen molar-refractivity contribution in [2.24, 2.45) is 0 Å². The minimum atomic E-state index is 0.660. The molecule has 1 aromatic rings. The fourth-order valence-corrected chi connectivity index (χ4v) is 1.43. The number of nitrogens with two attached hydrogens (primary N) is 2. The van der Waals surface area contributed by atoms with Crippen LogP contribution in [0.5, 0.6) is 0 Å². The molecule has 14 heavy (non-hydrogen) atoms. The Morgan fingerprint density at radius 2 is 1.71 bits per heavy atom. The molecule has 1 aromatic carbocycles. The molecule has 0 atom stereocenters. The molecule has 0 radical (unpaired) electrons. The van der Waals surface area contributed by atoms with E-state index in [1.54, 1.807) is 0 Å². The Balaban J connectivity index is 2.72. The van der Waals surface area contributed by atoms with Crippen LogP contribution in [0.15, 0.2) is 18.2 Å². The van der Waals surface area contributed by atoms with Crippen LogP contribution in [0.2, 0.25) is 0 Å². The highest BCUT2D eigenvalue weighted by atomic mass is 15.1. The molecule has 4 N–H and O–H groups in total. The molecule has 3 nitrogen and oxygen atoms in total. The van der Waals surface area contributed by atoms with Crippen LogP contribution in [0, 0.1) is 0 Å². The quantitative estimate of drug-likeness (QED) is 0.715. The van der Waals surface area contributed by atoms with Gasteiger partial charge in [0.25, 0.3) is 0 Å². The number of benzene rings is 1. The normalized spacial score (nSPS) is 10.8. The summed E-state index contributed by atoms with van der Waals surface area (Å²) < 4.78 is 0. The maximum Gasteiger partial charge on any atom is 0.0551 e. The van der Waals surface area contributed by atoms with Gasteiger partial charge in [0.15, 0.2) is 0 Å². The monoisotopic (exact) mass is 193 g/mol. The first-order valence-corrected chi connectivity index (χ1v) is 5.03. The number of rotatable bonds is 4. The zero-order valence-corrected chi connectivity index (χ0v) is 8.96. The minimum Gasteiger partial charge on any atom is -0.397 e. The SMILES string of the molecule is CCN(CC)Cc1ccc(N)c(N)c1. The first-order chi connectivity index (χ1) is 6.67. The average molecular weight is 193 g/mol. The third kappa shape index (κ3) is 2.64. The molecule has 0 aliphatic rings. The second-order valence-corrected chi connectivity index (χ2v) is 3.42. The summed E-state index contributed by atoms with van der Waals surface area (Å²) in [5.74, 6) is 0. The molecular formula is C11H19N3. The molecule has 0 bridgehead atoms. The molecule has 3 heteroatoms. The van der Waals surface area contributed by atoms with Gasteiger partial charge in [0.05, 0.1) is 11.4 Å². The molecule has 0 saturated heterocycles. The van der Waals surface area contributed by atoms with Gasteiger partial charge >= 0.3 is 0 Å². The van der Waals surface area contributed by atoms with E-state index in [4.69, 9.17) is 11.5 Å². The van der Waals surface area contributed by atoms with E-state index in [0.29, 0.717) is 11.4 Å². The third-order valence-corrected chi connectivity index (χ3v) is 2.45. The Labute approximate surface area is 85.7 Å². The van der Waals surface area contributed by atoms with Gasteiger partial charge in [0.1, 0.15) is 0 Å². The van der Waals surface area contributed by atoms with Crippen molar-refractivity contribution in [1.29, 1.82) is 0 Å². The van der Waals surface area contributed by atoms with Crippen molar-refractivity contribution in [3.8, 4) is 0 Å². The van der Waals surface area contributed by atoms with Crippen LogP contribution in [-0.2, 0) is 6.54 Å². The lowest BCUT2D eigenvalue weighted by molar-refractivity contribution is 0.296. The summed E-state index contributed by atoms with van der Waals surface area (Å²) in [6.07, 6.45) is 0. The van der Waals surface area contributed by atoms with Crippen LogP contribution in [-0.4, -0.2) is 18.0 Å². The predicted molar refractivity (Wildman–Crippen MR) is 61.9 cm³/mol. The first kappa shape index (κ1) is 10.9. The Bertz CT molecular complexity index is 293. The molecule has 78 valence electrons. The molecule has 0 spiro atoms.